The minimum Gasteiger partial charge on any atom is -0.511 e. The van der Waals surface area contributed by atoms with Gasteiger partial charge in [0, 0.05) is 22.3 Å². The summed E-state index contributed by atoms with van der Waals surface area (Å²) in [6.45, 7) is 10.3. The fraction of sp³-hybridized carbons (Fsp3) is 0.444. The first-order valence-electron chi connectivity index (χ1n) is 15.3. The molecule has 238 valence electrons. The molecular weight excluding hydrogens is 576 g/mol. The van der Waals surface area contributed by atoms with Gasteiger partial charge < -0.3 is 25.2 Å². The van der Waals surface area contributed by atoms with E-state index in [0.717, 1.165) is 24.5 Å². The molecule has 3 aliphatic rings. The third-order valence-electron chi connectivity index (χ3n) is 9.97. The highest BCUT2D eigenvalue weighted by atomic mass is 16.5. The van der Waals surface area contributed by atoms with Crippen molar-refractivity contribution >= 4 is 23.3 Å². The number of aromatic hydroxyl groups is 1. The zero-order valence-corrected chi connectivity index (χ0v) is 26.5. The molecule has 4 atom stereocenters. The molecule has 5 rings (SSSR count). The van der Waals surface area contributed by atoms with Crippen molar-refractivity contribution < 1.29 is 44.3 Å². The molecule has 0 saturated carbocycles. The number of aliphatic hydroxyl groups is 3. The second-order valence-corrected chi connectivity index (χ2v) is 13.5. The van der Waals surface area contributed by atoms with Crippen LogP contribution in [0, 0.1) is 22.7 Å². The lowest BCUT2D eigenvalue weighted by atomic mass is 9.44. The highest BCUT2D eigenvalue weighted by Gasteiger charge is 2.71. The molecule has 1 unspecified atom stereocenters. The molecule has 9 heteroatoms. The number of ketones is 3. The van der Waals surface area contributed by atoms with Crippen LogP contribution in [-0.4, -0.2) is 56.0 Å². The van der Waals surface area contributed by atoms with E-state index < -0.39 is 56.8 Å². The van der Waals surface area contributed by atoms with Crippen LogP contribution >= 0.6 is 0 Å². The third-order valence-corrected chi connectivity index (χ3v) is 9.97. The van der Waals surface area contributed by atoms with Gasteiger partial charge in [-0.05, 0) is 60.4 Å². The maximum Gasteiger partial charge on any atom is 0.310 e. The first-order valence-corrected chi connectivity index (χ1v) is 15.3. The summed E-state index contributed by atoms with van der Waals surface area (Å²) < 4.78 is 5.18. The number of Topliss-reactive ketones (excluding diaryl/α,β-unsaturated/α-hetero) is 3. The molecule has 0 heterocycles. The molecule has 0 aromatic heterocycles. The van der Waals surface area contributed by atoms with Crippen LogP contribution < -0.4 is 0 Å². The van der Waals surface area contributed by atoms with Crippen molar-refractivity contribution in [1.29, 1.82) is 0 Å². The molecule has 0 amide bonds. The van der Waals surface area contributed by atoms with Gasteiger partial charge in [0.1, 0.15) is 22.8 Å². The van der Waals surface area contributed by atoms with Gasteiger partial charge in [-0.2, -0.15) is 0 Å². The Morgan fingerprint density at radius 3 is 2.24 bits per heavy atom. The van der Waals surface area contributed by atoms with Crippen LogP contribution in [0.3, 0.4) is 0 Å². The van der Waals surface area contributed by atoms with E-state index in [9.17, 15) is 39.6 Å². The number of hydrogen-bond acceptors (Lipinski definition) is 9. The minimum atomic E-state index is -2.65. The van der Waals surface area contributed by atoms with Crippen LogP contribution in [0.15, 0.2) is 59.1 Å². The monoisotopic (exact) mass is 616 g/mol. The Morgan fingerprint density at radius 1 is 1.02 bits per heavy atom. The predicted octanol–water partition coefficient (Wildman–Crippen LogP) is 5.51. The van der Waals surface area contributed by atoms with Crippen LogP contribution in [-0.2, 0) is 32.0 Å². The number of carbonyl (C=O) groups is 4. The van der Waals surface area contributed by atoms with E-state index in [4.69, 9.17) is 4.74 Å². The molecule has 0 fully saturated rings. The van der Waals surface area contributed by atoms with Crippen molar-refractivity contribution in [2.45, 2.75) is 72.8 Å². The van der Waals surface area contributed by atoms with E-state index in [1.165, 1.54) is 6.07 Å². The summed E-state index contributed by atoms with van der Waals surface area (Å²) in [5.74, 6) is -5.78. The third kappa shape index (κ3) is 4.62. The molecule has 3 aliphatic carbocycles. The van der Waals surface area contributed by atoms with E-state index in [2.05, 4.69) is 0 Å². The first kappa shape index (κ1) is 32.2. The van der Waals surface area contributed by atoms with Crippen LogP contribution in [0.4, 0.5) is 0 Å². The maximum absolute atomic E-state index is 14.3. The molecule has 45 heavy (non-hydrogen) atoms. The Kier molecular flexibility index (Phi) is 7.85. The smallest absolute Gasteiger partial charge is 0.310 e. The molecule has 0 bridgehead atoms. The lowest BCUT2D eigenvalue weighted by molar-refractivity contribution is -0.171. The standard InChI is InChI=1S/C36H40O9/c1-7-14-45-25(39)15-20-8-10-21(11-9-20)22-12-13-24(38)27-23(22)16-34(5)17-35(6)28(18(2)3)30(40)26(19(4)37)32(42)36(35,44)33(43)29(34)31(27)41/h8-13,18,28,38,40,43-44H,7,14-17H2,1-6H3/t28?,34-,35-,36+/m1/s1. The first-order chi connectivity index (χ1) is 21.0. The Balaban J connectivity index is 1.66. The summed E-state index contributed by atoms with van der Waals surface area (Å²) in [7, 11) is 0. The summed E-state index contributed by atoms with van der Waals surface area (Å²) in [5.41, 5.74) is -3.39. The van der Waals surface area contributed by atoms with Gasteiger partial charge in [-0.1, -0.05) is 65.0 Å². The van der Waals surface area contributed by atoms with Crippen LogP contribution in [0.5, 0.6) is 5.75 Å². The van der Waals surface area contributed by atoms with Crippen LogP contribution in [0.2, 0.25) is 0 Å². The minimum absolute atomic E-state index is 0.0127. The number of phenols is 1. The number of esters is 1. The van der Waals surface area contributed by atoms with Crippen molar-refractivity contribution in [2.24, 2.45) is 22.7 Å². The highest BCUT2D eigenvalue weighted by Crippen LogP contribution is 2.65. The number of aliphatic hydroxyl groups excluding tert-OH is 2. The number of phenolic OH excluding ortho intramolecular Hbond substituents is 1. The van der Waals surface area contributed by atoms with E-state index in [-0.39, 0.29) is 48.0 Å². The van der Waals surface area contributed by atoms with Gasteiger partial charge in [0.15, 0.2) is 17.2 Å². The molecule has 2 aromatic rings. The summed E-state index contributed by atoms with van der Waals surface area (Å²) in [6, 6.07) is 10.4. The van der Waals surface area contributed by atoms with Crippen molar-refractivity contribution in [1.82, 2.24) is 0 Å². The fourth-order valence-electron chi connectivity index (χ4n) is 8.24. The predicted molar refractivity (Wildman–Crippen MR) is 166 cm³/mol. The van der Waals surface area contributed by atoms with Gasteiger partial charge in [-0.3, -0.25) is 19.2 Å². The van der Waals surface area contributed by atoms with Crippen molar-refractivity contribution in [3.8, 4) is 16.9 Å². The number of hydrogen-bond donors (Lipinski definition) is 4. The Hall–Kier alpha value is -4.24. The summed E-state index contributed by atoms with van der Waals surface area (Å²) in [6.07, 6.45) is 1.02. The Morgan fingerprint density at radius 2 is 1.67 bits per heavy atom. The van der Waals surface area contributed by atoms with Crippen molar-refractivity contribution in [2.75, 3.05) is 6.61 Å². The number of ether oxygens (including phenoxy) is 1. The summed E-state index contributed by atoms with van der Waals surface area (Å²) in [5, 5.41) is 46.3. The maximum atomic E-state index is 14.3. The van der Waals surface area contributed by atoms with E-state index in [0.29, 0.717) is 17.7 Å². The zero-order chi connectivity index (χ0) is 33.2. The molecule has 0 aliphatic heterocycles. The summed E-state index contributed by atoms with van der Waals surface area (Å²) >= 11 is 0. The number of allylic oxidation sites excluding steroid dienone is 2. The second-order valence-electron chi connectivity index (χ2n) is 13.5. The van der Waals surface area contributed by atoms with Crippen molar-refractivity contribution in [3.05, 3.63) is 75.8 Å². The quantitative estimate of drug-likeness (QED) is 0.232. The second kappa shape index (κ2) is 11.0. The van der Waals surface area contributed by atoms with Gasteiger partial charge in [-0.25, -0.2) is 0 Å². The van der Waals surface area contributed by atoms with E-state index in [1.54, 1.807) is 45.9 Å². The lowest BCUT2D eigenvalue weighted by Gasteiger charge is -2.59. The average molecular weight is 617 g/mol. The van der Waals surface area contributed by atoms with Gasteiger partial charge in [-0.15, -0.1) is 0 Å². The van der Waals surface area contributed by atoms with Gasteiger partial charge in [0.25, 0.3) is 0 Å². The summed E-state index contributed by atoms with van der Waals surface area (Å²) in [4.78, 5) is 52.8. The van der Waals surface area contributed by atoms with E-state index >= 15 is 0 Å². The normalized spacial score (nSPS) is 27.7. The van der Waals surface area contributed by atoms with Crippen LogP contribution in [0.1, 0.15) is 75.9 Å². The number of benzene rings is 2. The van der Waals surface area contributed by atoms with Gasteiger partial charge in [0.2, 0.25) is 5.78 Å². The average Bonchev–Trinajstić information content (AvgIpc) is 2.94. The molecule has 0 radical (unpaired) electrons. The number of carbonyl (C=O) groups excluding carboxylic acids is 4. The van der Waals surface area contributed by atoms with Crippen molar-refractivity contribution in [3.63, 3.8) is 0 Å². The van der Waals surface area contributed by atoms with Gasteiger partial charge in [0.05, 0.1) is 18.6 Å². The van der Waals surface area contributed by atoms with Gasteiger partial charge >= 0.3 is 5.97 Å². The zero-order valence-electron chi connectivity index (χ0n) is 26.5. The fourth-order valence-corrected chi connectivity index (χ4v) is 8.24. The molecule has 0 spiro atoms. The molecular formula is C36H40O9. The Labute approximate surface area is 262 Å². The molecule has 2 aromatic carbocycles. The topological polar surface area (TPSA) is 158 Å². The highest BCUT2D eigenvalue weighted by molar-refractivity contribution is 6.25. The van der Waals surface area contributed by atoms with E-state index in [1.807, 2.05) is 19.1 Å². The number of fused-ring (bicyclic) bond motifs is 3. The molecule has 9 nitrogen and oxygen atoms in total. The SMILES string of the molecule is CCCOC(=O)Cc1ccc(-c2ccc(O)c3c2C[C@]2(C)C[C@]4(C)C(C(C)C)C(O)=C(C(C)=O)C(=O)[C@]4(O)C(O)=C2C3=O)cc1. The Bertz CT molecular complexity index is 1700. The number of rotatable bonds is 7. The van der Waals surface area contributed by atoms with Crippen LogP contribution in [0.25, 0.3) is 11.1 Å². The molecule has 0 saturated heterocycles. The largest absolute Gasteiger partial charge is 0.511 e. The molecule has 4 N–H and O–H groups in total. The lowest BCUT2D eigenvalue weighted by Crippen LogP contribution is -2.67.